The van der Waals surface area contributed by atoms with Crippen molar-refractivity contribution in [2.24, 2.45) is 5.92 Å². The third-order valence-corrected chi connectivity index (χ3v) is 8.65. The minimum absolute atomic E-state index is 0.0117. The number of aliphatic hydroxyl groups is 2. The van der Waals surface area contributed by atoms with Crippen molar-refractivity contribution in [3.63, 3.8) is 0 Å². The lowest BCUT2D eigenvalue weighted by Gasteiger charge is -2.20. The number of ether oxygens (including phenoxy) is 1. The number of allylic oxidation sites excluding steroid dienone is 2. The lowest BCUT2D eigenvalue weighted by Crippen LogP contribution is -2.23. The molecule has 1 amide bonds. The first-order valence-corrected chi connectivity index (χ1v) is 17.2. The first-order valence-electron chi connectivity index (χ1n) is 17.2. The molecule has 5 rings (SSSR count). The second-order valence-corrected chi connectivity index (χ2v) is 13.6. The molecule has 4 aromatic rings. The molecule has 1 saturated carbocycles. The van der Waals surface area contributed by atoms with E-state index in [0.717, 1.165) is 46.7 Å². The second kappa shape index (κ2) is 16.2. The Labute approximate surface area is 288 Å². The van der Waals surface area contributed by atoms with Crippen LogP contribution in [-0.2, 0) is 16.1 Å². The summed E-state index contributed by atoms with van der Waals surface area (Å²) in [6.45, 7) is 8.48. The molecular weight excluding hydrogens is 619 g/mol. The molecule has 1 heterocycles. The lowest BCUT2D eigenvalue weighted by molar-refractivity contribution is -0.142. The van der Waals surface area contributed by atoms with E-state index in [4.69, 9.17) is 4.74 Å². The van der Waals surface area contributed by atoms with Crippen molar-refractivity contribution >= 4 is 17.6 Å². The zero-order chi connectivity index (χ0) is 35.1. The number of benzene rings is 3. The summed E-state index contributed by atoms with van der Waals surface area (Å²) < 4.78 is 21.9. The zero-order valence-electron chi connectivity index (χ0n) is 28.8. The summed E-state index contributed by atoms with van der Waals surface area (Å²) in [6, 6.07) is 25.1. The van der Waals surface area contributed by atoms with Crippen LogP contribution in [0.3, 0.4) is 0 Å². The van der Waals surface area contributed by atoms with Gasteiger partial charge in [-0.15, -0.1) is 0 Å². The summed E-state index contributed by atoms with van der Waals surface area (Å²) in [7, 11) is 0. The van der Waals surface area contributed by atoms with E-state index in [0.29, 0.717) is 35.7 Å². The van der Waals surface area contributed by atoms with Gasteiger partial charge in [-0.05, 0) is 90.6 Å². The smallest absolute Gasteiger partial charge is 0.313 e. The fourth-order valence-electron chi connectivity index (χ4n) is 6.34. The number of aromatic nitrogens is 1. The maximum Gasteiger partial charge on any atom is 0.313 e. The molecule has 2 atom stereocenters. The third-order valence-electron chi connectivity index (χ3n) is 8.65. The van der Waals surface area contributed by atoms with Crippen molar-refractivity contribution in [1.29, 1.82) is 0 Å². The van der Waals surface area contributed by atoms with Crippen molar-refractivity contribution in [3.05, 3.63) is 113 Å². The highest BCUT2D eigenvalue weighted by atomic mass is 19.1. The van der Waals surface area contributed by atoms with Crippen LogP contribution >= 0.6 is 0 Å². The molecule has 8 heteroatoms. The Morgan fingerprint density at radius 1 is 0.837 bits per heavy atom. The maximum absolute atomic E-state index is 14.2. The molecular formula is C41H47FN2O5. The first kappa shape index (κ1) is 35.8. The van der Waals surface area contributed by atoms with E-state index in [9.17, 15) is 24.2 Å². The number of nitrogens with one attached hydrogen (secondary N) is 1. The molecule has 0 spiro atoms. The SMILES string of the molecule is CC(C)CC(OC(=O)C[C@H](O)C[C@H](O)CCn1c(-c2ccc(F)cc2)c(-c2ccccc2)c(C(=O)Nc2ccccc2)c1C(C)C)=C1CC1. The van der Waals surface area contributed by atoms with Gasteiger partial charge in [0.15, 0.2) is 0 Å². The van der Waals surface area contributed by atoms with E-state index >= 15 is 0 Å². The Balaban J connectivity index is 1.46. The number of para-hydroxylation sites is 1. The first-order chi connectivity index (χ1) is 23.5. The van der Waals surface area contributed by atoms with Gasteiger partial charge >= 0.3 is 5.97 Å². The van der Waals surface area contributed by atoms with Crippen molar-refractivity contribution in [2.75, 3.05) is 5.32 Å². The fraction of sp³-hybridized carbons (Fsp3) is 0.366. The van der Waals surface area contributed by atoms with Crippen LogP contribution in [-0.4, -0.2) is 38.9 Å². The van der Waals surface area contributed by atoms with Gasteiger partial charge in [0.2, 0.25) is 0 Å². The molecule has 0 aliphatic heterocycles. The zero-order valence-corrected chi connectivity index (χ0v) is 28.8. The molecule has 3 aromatic carbocycles. The number of carbonyl (C=O) groups excluding carboxylic acids is 2. The topological polar surface area (TPSA) is 101 Å². The van der Waals surface area contributed by atoms with E-state index in [-0.39, 0.29) is 36.9 Å². The van der Waals surface area contributed by atoms with Crippen LogP contribution < -0.4 is 5.32 Å². The number of rotatable bonds is 15. The number of hydrogen-bond acceptors (Lipinski definition) is 5. The molecule has 49 heavy (non-hydrogen) atoms. The summed E-state index contributed by atoms with van der Waals surface area (Å²) >= 11 is 0. The summed E-state index contributed by atoms with van der Waals surface area (Å²) in [5, 5.41) is 25.0. The van der Waals surface area contributed by atoms with Crippen LogP contribution in [0.2, 0.25) is 0 Å². The predicted octanol–water partition coefficient (Wildman–Crippen LogP) is 8.87. The van der Waals surface area contributed by atoms with Crippen LogP contribution in [0.1, 0.15) is 88.2 Å². The van der Waals surface area contributed by atoms with Crippen LogP contribution in [0, 0.1) is 11.7 Å². The van der Waals surface area contributed by atoms with Gasteiger partial charge < -0.3 is 24.8 Å². The van der Waals surface area contributed by atoms with Gasteiger partial charge in [-0.3, -0.25) is 9.59 Å². The number of hydrogen-bond donors (Lipinski definition) is 3. The Bertz CT molecular complexity index is 1760. The predicted molar refractivity (Wildman–Crippen MR) is 191 cm³/mol. The number of anilines is 1. The lowest BCUT2D eigenvalue weighted by atomic mass is 9.94. The van der Waals surface area contributed by atoms with Gasteiger partial charge in [0.05, 0.1) is 29.9 Å². The number of esters is 1. The molecule has 258 valence electrons. The Hall–Kier alpha value is -4.53. The number of carbonyl (C=O) groups is 2. The minimum Gasteiger partial charge on any atom is -0.431 e. The molecule has 0 saturated heterocycles. The van der Waals surface area contributed by atoms with Gasteiger partial charge in [0.1, 0.15) is 11.6 Å². The van der Waals surface area contributed by atoms with E-state index in [1.807, 2.05) is 79.1 Å². The highest BCUT2D eigenvalue weighted by molar-refractivity contribution is 6.12. The molecule has 1 aromatic heterocycles. The number of aliphatic hydroxyl groups excluding tert-OH is 2. The largest absolute Gasteiger partial charge is 0.431 e. The molecule has 0 unspecified atom stereocenters. The van der Waals surface area contributed by atoms with E-state index in [2.05, 4.69) is 19.2 Å². The van der Waals surface area contributed by atoms with Crippen LogP contribution in [0.4, 0.5) is 10.1 Å². The highest BCUT2D eigenvalue weighted by Crippen LogP contribution is 2.43. The van der Waals surface area contributed by atoms with Gasteiger partial charge in [-0.25, -0.2) is 4.39 Å². The minimum atomic E-state index is -1.08. The summed E-state index contributed by atoms with van der Waals surface area (Å²) in [5.41, 5.74) is 6.09. The molecule has 0 bridgehead atoms. The Morgan fingerprint density at radius 3 is 2.06 bits per heavy atom. The van der Waals surface area contributed by atoms with E-state index in [1.54, 1.807) is 12.1 Å². The van der Waals surface area contributed by atoms with Gasteiger partial charge in [0, 0.05) is 29.9 Å². The Kier molecular flexibility index (Phi) is 11.9. The summed E-state index contributed by atoms with van der Waals surface area (Å²) in [6.07, 6.45) is 0.561. The Morgan fingerprint density at radius 2 is 1.47 bits per heavy atom. The molecule has 1 aliphatic carbocycles. The standard InChI is InChI=1S/C41H47FN2O5/c1-26(2)23-35(28-15-16-28)49-36(47)25-34(46)24-33(45)21-22-44-39(27(3)4)38(41(48)43-32-13-9-6-10-14-32)37(29-11-7-5-8-12-29)40(44)30-17-19-31(42)20-18-30/h5-14,17-20,26-27,33-34,45-46H,15-16,21-25H2,1-4H3,(H,43,48)/t33-,34-/m1/s1. The van der Waals surface area contributed by atoms with Crippen molar-refractivity contribution < 1.29 is 28.9 Å². The van der Waals surface area contributed by atoms with Crippen LogP contribution in [0.25, 0.3) is 22.4 Å². The third kappa shape index (κ3) is 9.34. The second-order valence-electron chi connectivity index (χ2n) is 13.6. The number of nitrogens with zero attached hydrogens (tertiary/aromatic N) is 1. The van der Waals surface area contributed by atoms with Crippen molar-refractivity contribution in [3.8, 4) is 22.4 Å². The number of amides is 1. The normalized spacial score (nSPS) is 13.8. The van der Waals surface area contributed by atoms with Gasteiger partial charge in [-0.1, -0.05) is 76.2 Å². The van der Waals surface area contributed by atoms with Gasteiger partial charge in [0.25, 0.3) is 5.91 Å². The average Bonchev–Trinajstić information content (AvgIpc) is 3.85. The van der Waals surface area contributed by atoms with Crippen molar-refractivity contribution in [2.45, 2.75) is 90.9 Å². The van der Waals surface area contributed by atoms with Crippen molar-refractivity contribution in [1.82, 2.24) is 4.57 Å². The molecule has 0 radical (unpaired) electrons. The van der Waals surface area contributed by atoms with Crippen LogP contribution in [0.5, 0.6) is 0 Å². The quantitative estimate of drug-likeness (QED) is 0.0870. The molecule has 1 fully saturated rings. The molecule has 3 N–H and O–H groups in total. The highest BCUT2D eigenvalue weighted by Gasteiger charge is 2.31. The van der Waals surface area contributed by atoms with Gasteiger partial charge in [-0.2, -0.15) is 0 Å². The average molecular weight is 667 g/mol. The summed E-state index contributed by atoms with van der Waals surface area (Å²) in [4.78, 5) is 26.9. The van der Waals surface area contributed by atoms with E-state index < -0.39 is 18.2 Å². The van der Waals surface area contributed by atoms with E-state index in [1.165, 1.54) is 12.1 Å². The monoisotopic (exact) mass is 666 g/mol. The molecule has 1 aliphatic rings. The van der Waals surface area contributed by atoms with Crippen LogP contribution in [0.15, 0.2) is 96.3 Å². The summed E-state index contributed by atoms with van der Waals surface area (Å²) in [5.74, 6) is -0.186. The molecule has 7 nitrogen and oxygen atoms in total. The number of halogens is 1. The fourth-order valence-corrected chi connectivity index (χ4v) is 6.34. The maximum atomic E-state index is 14.2.